The summed E-state index contributed by atoms with van der Waals surface area (Å²) in [7, 11) is 0. The highest BCUT2D eigenvalue weighted by Gasteiger charge is 2.19. The first kappa shape index (κ1) is 17.6. The molecule has 138 valence electrons. The van der Waals surface area contributed by atoms with Crippen molar-refractivity contribution in [1.82, 2.24) is 19.7 Å². The zero-order valence-corrected chi connectivity index (χ0v) is 15.4. The van der Waals surface area contributed by atoms with E-state index in [2.05, 4.69) is 32.5 Å². The van der Waals surface area contributed by atoms with E-state index in [0.29, 0.717) is 29.6 Å². The average Bonchev–Trinajstić information content (AvgIpc) is 3.18. The number of aryl methyl sites for hydroxylation is 1. The number of hydrogen-bond donors (Lipinski definition) is 1. The molecule has 1 N–H and O–H groups in total. The summed E-state index contributed by atoms with van der Waals surface area (Å²) in [5.74, 6) is 0.535. The molecule has 0 aliphatic rings. The first-order valence-electron chi connectivity index (χ1n) is 8.98. The van der Waals surface area contributed by atoms with Crippen molar-refractivity contribution in [2.75, 3.05) is 5.32 Å². The summed E-state index contributed by atoms with van der Waals surface area (Å²) in [6.07, 6.45) is 1.68. The van der Waals surface area contributed by atoms with Crippen molar-refractivity contribution < 1.29 is 4.79 Å². The first-order chi connectivity index (χ1) is 13.7. The second-order valence-corrected chi connectivity index (χ2v) is 6.40. The monoisotopic (exact) mass is 369 g/mol. The molecule has 2 aromatic carbocycles. The quantitative estimate of drug-likeness (QED) is 0.577. The fraction of sp³-hybridized carbons (Fsp3) is 0.0909. The standard InChI is InChI=1S/C22H19N5O/c1-16-10-12-17(13-11-16)15-24-22-25-20(19-9-5-6-14-23-19)26-27(22)21(28)18-7-3-2-4-8-18/h2-14H,15H2,1H3,(H,24,25,26). The number of anilines is 1. The van der Waals surface area contributed by atoms with Crippen LogP contribution in [-0.4, -0.2) is 25.7 Å². The Morgan fingerprint density at radius 3 is 2.43 bits per heavy atom. The van der Waals surface area contributed by atoms with E-state index in [1.807, 2.05) is 55.5 Å². The molecule has 0 aliphatic heterocycles. The van der Waals surface area contributed by atoms with Gasteiger partial charge in [0, 0.05) is 18.3 Å². The highest BCUT2D eigenvalue weighted by molar-refractivity contribution is 5.97. The van der Waals surface area contributed by atoms with E-state index in [-0.39, 0.29) is 5.91 Å². The highest BCUT2D eigenvalue weighted by atomic mass is 16.2. The molecule has 0 radical (unpaired) electrons. The summed E-state index contributed by atoms with van der Waals surface area (Å²) in [6, 6.07) is 22.7. The largest absolute Gasteiger partial charge is 0.350 e. The first-order valence-corrected chi connectivity index (χ1v) is 8.98. The third-order valence-electron chi connectivity index (χ3n) is 4.29. The van der Waals surface area contributed by atoms with Crippen molar-refractivity contribution in [3.8, 4) is 11.5 Å². The molecule has 0 saturated carbocycles. The van der Waals surface area contributed by atoms with Gasteiger partial charge in [0.25, 0.3) is 5.91 Å². The number of carbonyl (C=O) groups is 1. The molecule has 0 unspecified atom stereocenters. The highest BCUT2D eigenvalue weighted by Crippen LogP contribution is 2.18. The van der Waals surface area contributed by atoms with Crippen LogP contribution in [0.5, 0.6) is 0 Å². The van der Waals surface area contributed by atoms with E-state index in [9.17, 15) is 4.79 Å². The number of rotatable bonds is 5. The van der Waals surface area contributed by atoms with Crippen LogP contribution in [0.2, 0.25) is 0 Å². The van der Waals surface area contributed by atoms with Crippen LogP contribution in [0.15, 0.2) is 79.0 Å². The Kier molecular flexibility index (Phi) is 4.93. The van der Waals surface area contributed by atoms with Gasteiger partial charge in [-0.1, -0.05) is 54.1 Å². The molecule has 2 aromatic heterocycles. The van der Waals surface area contributed by atoms with E-state index in [1.54, 1.807) is 18.3 Å². The van der Waals surface area contributed by atoms with Crippen LogP contribution in [0, 0.1) is 6.92 Å². The number of benzene rings is 2. The molecule has 28 heavy (non-hydrogen) atoms. The number of hydrogen-bond acceptors (Lipinski definition) is 5. The Morgan fingerprint density at radius 1 is 0.964 bits per heavy atom. The summed E-state index contributed by atoms with van der Waals surface area (Å²) in [4.78, 5) is 21.8. The van der Waals surface area contributed by atoms with Gasteiger partial charge in [-0.25, -0.2) is 0 Å². The van der Waals surface area contributed by atoms with Gasteiger partial charge in [0.2, 0.25) is 11.8 Å². The second-order valence-electron chi connectivity index (χ2n) is 6.40. The van der Waals surface area contributed by atoms with Crippen molar-refractivity contribution in [3.05, 3.63) is 95.7 Å². The van der Waals surface area contributed by atoms with Crippen LogP contribution in [0.1, 0.15) is 21.5 Å². The molecule has 0 fully saturated rings. The molecular formula is C22H19N5O. The molecule has 2 heterocycles. The van der Waals surface area contributed by atoms with Crippen molar-refractivity contribution in [2.45, 2.75) is 13.5 Å². The molecule has 0 spiro atoms. The topological polar surface area (TPSA) is 72.7 Å². The molecule has 0 atom stereocenters. The Balaban J connectivity index is 1.67. The molecule has 0 bridgehead atoms. The zero-order chi connectivity index (χ0) is 19.3. The molecule has 4 rings (SSSR count). The summed E-state index contributed by atoms with van der Waals surface area (Å²) < 4.78 is 1.30. The van der Waals surface area contributed by atoms with Gasteiger partial charge in [-0.05, 0) is 36.8 Å². The number of nitrogens with one attached hydrogen (secondary N) is 1. The van der Waals surface area contributed by atoms with Crippen LogP contribution in [0.3, 0.4) is 0 Å². The molecular weight excluding hydrogens is 350 g/mol. The number of pyridine rings is 1. The lowest BCUT2D eigenvalue weighted by atomic mass is 10.1. The van der Waals surface area contributed by atoms with Crippen molar-refractivity contribution in [3.63, 3.8) is 0 Å². The molecule has 6 nitrogen and oxygen atoms in total. The Morgan fingerprint density at radius 2 is 1.71 bits per heavy atom. The average molecular weight is 369 g/mol. The fourth-order valence-electron chi connectivity index (χ4n) is 2.76. The summed E-state index contributed by atoms with van der Waals surface area (Å²) in [5.41, 5.74) is 3.44. The van der Waals surface area contributed by atoms with Crippen LogP contribution >= 0.6 is 0 Å². The molecule has 6 heteroatoms. The van der Waals surface area contributed by atoms with Crippen LogP contribution in [-0.2, 0) is 6.54 Å². The smallest absolute Gasteiger partial charge is 0.281 e. The van der Waals surface area contributed by atoms with Gasteiger partial charge in [0.1, 0.15) is 5.69 Å². The lowest BCUT2D eigenvalue weighted by Crippen LogP contribution is -2.17. The van der Waals surface area contributed by atoms with E-state index < -0.39 is 0 Å². The van der Waals surface area contributed by atoms with E-state index in [4.69, 9.17) is 0 Å². The number of nitrogens with zero attached hydrogens (tertiary/aromatic N) is 4. The predicted molar refractivity (Wildman–Crippen MR) is 108 cm³/mol. The van der Waals surface area contributed by atoms with Crippen molar-refractivity contribution in [2.24, 2.45) is 0 Å². The number of aromatic nitrogens is 4. The van der Waals surface area contributed by atoms with E-state index in [0.717, 1.165) is 5.56 Å². The Hall–Kier alpha value is -3.80. The molecule has 0 amide bonds. The zero-order valence-electron chi connectivity index (χ0n) is 15.4. The predicted octanol–water partition coefficient (Wildman–Crippen LogP) is 3.95. The van der Waals surface area contributed by atoms with Gasteiger partial charge >= 0.3 is 0 Å². The van der Waals surface area contributed by atoms with Crippen LogP contribution in [0.25, 0.3) is 11.5 Å². The Bertz CT molecular complexity index is 1070. The van der Waals surface area contributed by atoms with E-state index >= 15 is 0 Å². The maximum Gasteiger partial charge on any atom is 0.281 e. The third kappa shape index (κ3) is 3.81. The fourth-order valence-corrected chi connectivity index (χ4v) is 2.76. The van der Waals surface area contributed by atoms with Crippen LogP contribution in [0.4, 0.5) is 5.95 Å². The lowest BCUT2D eigenvalue weighted by molar-refractivity contribution is 0.0947. The van der Waals surface area contributed by atoms with Gasteiger partial charge in [-0.3, -0.25) is 9.78 Å². The normalized spacial score (nSPS) is 10.6. The molecule has 0 aliphatic carbocycles. The van der Waals surface area contributed by atoms with Gasteiger partial charge in [-0.2, -0.15) is 9.67 Å². The number of carbonyl (C=O) groups excluding carboxylic acids is 1. The maximum absolute atomic E-state index is 13.0. The minimum atomic E-state index is -0.248. The summed E-state index contributed by atoms with van der Waals surface area (Å²) in [5, 5.41) is 7.64. The van der Waals surface area contributed by atoms with Crippen molar-refractivity contribution >= 4 is 11.9 Å². The molecule has 4 aromatic rings. The summed E-state index contributed by atoms with van der Waals surface area (Å²) >= 11 is 0. The Labute approximate surface area is 162 Å². The SMILES string of the molecule is Cc1ccc(CNc2nc(-c3ccccn3)nn2C(=O)c2ccccc2)cc1. The van der Waals surface area contributed by atoms with Gasteiger partial charge in [0.05, 0.1) is 0 Å². The third-order valence-corrected chi connectivity index (χ3v) is 4.29. The van der Waals surface area contributed by atoms with Gasteiger partial charge < -0.3 is 5.32 Å². The lowest BCUT2D eigenvalue weighted by Gasteiger charge is -2.07. The van der Waals surface area contributed by atoms with E-state index in [1.165, 1.54) is 10.2 Å². The van der Waals surface area contributed by atoms with Crippen LogP contribution < -0.4 is 5.32 Å². The maximum atomic E-state index is 13.0. The summed E-state index contributed by atoms with van der Waals surface area (Å²) in [6.45, 7) is 2.58. The van der Waals surface area contributed by atoms with Gasteiger partial charge in [0.15, 0.2) is 0 Å². The minimum Gasteiger partial charge on any atom is -0.350 e. The minimum absolute atomic E-state index is 0.248. The van der Waals surface area contributed by atoms with Gasteiger partial charge in [-0.15, -0.1) is 5.10 Å². The second kappa shape index (κ2) is 7.84. The molecule has 0 saturated heterocycles. The van der Waals surface area contributed by atoms with Crippen molar-refractivity contribution in [1.29, 1.82) is 0 Å².